The normalized spacial score (nSPS) is 22.2. The maximum atomic E-state index is 12.4. The van der Waals surface area contributed by atoms with Crippen LogP contribution in [0.1, 0.15) is 36.9 Å². The number of halogens is 2. The zero-order chi connectivity index (χ0) is 16.4. The largest absolute Gasteiger partial charge is 0.435 e. The number of carbonyl (C=O) groups is 1. The maximum Gasteiger partial charge on any atom is 0.387 e. The van der Waals surface area contributed by atoms with Crippen molar-refractivity contribution in [3.8, 4) is 5.75 Å². The van der Waals surface area contributed by atoms with Crippen molar-refractivity contribution < 1.29 is 18.3 Å². The van der Waals surface area contributed by atoms with Crippen LogP contribution in [0.2, 0.25) is 0 Å². The molecule has 1 aliphatic heterocycles. The highest BCUT2D eigenvalue weighted by atomic mass is 19.3. The number of aryl methyl sites for hydroxylation is 1. The van der Waals surface area contributed by atoms with Gasteiger partial charge in [-0.25, -0.2) is 0 Å². The van der Waals surface area contributed by atoms with E-state index < -0.39 is 6.61 Å². The lowest BCUT2D eigenvalue weighted by atomic mass is 9.85. The van der Waals surface area contributed by atoms with Crippen molar-refractivity contribution in [2.75, 3.05) is 13.1 Å². The summed E-state index contributed by atoms with van der Waals surface area (Å²) >= 11 is 0. The van der Waals surface area contributed by atoms with Gasteiger partial charge in [0.15, 0.2) is 0 Å². The minimum absolute atomic E-state index is 0.0110. The number of nitrogens with one attached hydrogen (secondary N) is 2. The first-order valence-electron chi connectivity index (χ1n) is 8.13. The molecule has 6 heteroatoms. The van der Waals surface area contributed by atoms with Crippen molar-refractivity contribution in [2.45, 2.75) is 38.8 Å². The Morgan fingerprint density at radius 3 is 2.83 bits per heavy atom. The minimum atomic E-state index is -2.82. The first-order chi connectivity index (χ1) is 11.0. The molecule has 1 aliphatic carbocycles. The molecular weight excluding hydrogens is 302 g/mol. The number of ether oxygens (including phenoxy) is 1. The van der Waals surface area contributed by atoms with Gasteiger partial charge in [0.1, 0.15) is 5.75 Å². The van der Waals surface area contributed by atoms with Crippen molar-refractivity contribution in [3.63, 3.8) is 0 Å². The molecule has 0 bridgehead atoms. The van der Waals surface area contributed by atoms with Gasteiger partial charge < -0.3 is 15.4 Å². The van der Waals surface area contributed by atoms with Crippen LogP contribution in [-0.2, 0) is 11.2 Å². The summed E-state index contributed by atoms with van der Waals surface area (Å²) in [5, 5.41) is 6.31. The number of rotatable bonds is 5. The molecule has 0 spiro atoms. The van der Waals surface area contributed by atoms with Crippen molar-refractivity contribution in [1.82, 2.24) is 10.6 Å². The molecule has 1 heterocycles. The van der Waals surface area contributed by atoms with Crippen LogP contribution in [-0.4, -0.2) is 25.6 Å². The first kappa shape index (κ1) is 16.2. The Labute approximate surface area is 134 Å². The van der Waals surface area contributed by atoms with Crippen molar-refractivity contribution >= 4 is 5.91 Å². The molecule has 1 amide bonds. The predicted octanol–water partition coefficient (Wildman–Crippen LogP) is 2.64. The number of amides is 1. The van der Waals surface area contributed by atoms with Gasteiger partial charge in [-0.05, 0) is 61.5 Å². The molecule has 4 nitrogen and oxygen atoms in total. The minimum Gasteiger partial charge on any atom is -0.435 e. The van der Waals surface area contributed by atoms with Gasteiger partial charge in [-0.2, -0.15) is 8.78 Å². The van der Waals surface area contributed by atoms with Gasteiger partial charge >= 0.3 is 6.61 Å². The van der Waals surface area contributed by atoms with Gasteiger partial charge in [-0.3, -0.25) is 4.79 Å². The van der Waals surface area contributed by atoms with E-state index in [-0.39, 0.29) is 23.6 Å². The second kappa shape index (κ2) is 6.83. The van der Waals surface area contributed by atoms with Gasteiger partial charge in [0.05, 0.1) is 6.04 Å². The van der Waals surface area contributed by atoms with E-state index in [0.717, 1.165) is 43.5 Å². The molecule has 0 radical (unpaired) electrons. The molecule has 0 aromatic heterocycles. The third-order valence-corrected chi connectivity index (χ3v) is 4.90. The zero-order valence-corrected chi connectivity index (χ0v) is 13.1. The number of alkyl halides is 2. The highest BCUT2D eigenvalue weighted by Crippen LogP contribution is 2.33. The number of fused-ring (bicyclic) bond motifs is 1. The highest BCUT2D eigenvalue weighted by molar-refractivity contribution is 5.79. The van der Waals surface area contributed by atoms with E-state index >= 15 is 0 Å². The summed E-state index contributed by atoms with van der Waals surface area (Å²) in [5.74, 6) is 0.643. The molecule has 23 heavy (non-hydrogen) atoms. The van der Waals surface area contributed by atoms with Gasteiger partial charge in [-0.1, -0.05) is 13.0 Å². The average Bonchev–Trinajstić information content (AvgIpc) is 2.44. The molecule has 1 aromatic rings. The molecule has 2 unspecified atom stereocenters. The number of hydrogen-bond donors (Lipinski definition) is 2. The number of carbonyl (C=O) groups excluding carboxylic acids is 1. The lowest BCUT2D eigenvalue weighted by molar-refractivity contribution is -0.127. The molecular formula is C17H22F2N2O2. The van der Waals surface area contributed by atoms with Crippen LogP contribution in [0, 0.1) is 11.8 Å². The smallest absolute Gasteiger partial charge is 0.387 e. The summed E-state index contributed by atoms with van der Waals surface area (Å²) in [6, 6.07) is 4.97. The van der Waals surface area contributed by atoms with Crippen LogP contribution in [0.5, 0.6) is 5.75 Å². The van der Waals surface area contributed by atoms with Gasteiger partial charge in [0, 0.05) is 5.92 Å². The van der Waals surface area contributed by atoms with Gasteiger partial charge in [0.25, 0.3) is 0 Å². The zero-order valence-electron chi connectivity index (χ0n) is 13.1. The van der Waals surface area contributed by atoms with Crippen LogP contribution >= 0.6 is 0 Å². The van der Waals surface area contributed by atoms with Crippen LogP contribution in [0.3, 0.4) is 0 Å². The summed E-state index contributed by atoms with van der Waals surface area (Å²) in [6.45, 7) is 0.933. The van der Waals surface area contributed by atoms with Crippen LogP contribution in [0.15, 0.2) is 18.2 Å². The molecule has 1 saturated heterocycles. The standard InChI is InChI=1S/C17H22F2N2O2/c1-10(12-8-20-9-12)16(22)21-15-4-2-3-11-7-13(23-17(18)19)5-6-14(11)15/h5-7,10,12,15,17,20H,2-4,8-9H2,1H3,(H,21,22). The molecule has 1 fully saturated rings. The number of hydrogen-bond acceptors (Lipinski definition) is 3. The van der Waals surface area contributed by atoms with Crippen molar-refractivity contribution in [1.29, 1.82) is 0 Å². The Bertz CT molecular complexity index is 576. The summed E-state index contributed by atoms with van der Waals surface area (Å²) < 4.78 is 29.1. The monoisotopic (exact) mass is 324 g/mol. The molecule has 0 saturated carbocycles. The first-order valence-corrected chi connectivity index (χ1v) is 8.13. The second-order valence-electron chi connectivity index (χ2n) is 6.40. The Balaban J connectivity index is 1.69. The van der Waals surface area contributed by atoms with Crippen LogP contribution in [0.25, 0.3) is 0 Å². The van der Waals surface area contributed by atoms with E-state index in [2.05, 4.69) is 15.4 Å². The Kier molecular flexibility index (Phi) is 4.80. The van der Waals surface area contributed by atoms with E-state index in [9.17, 15) is 13.6 Å². The lowest BCUT2D eigenvalue weighted by Crippen LogP contribution is -2.50. The van der Waals surface area contributed by atoms with E-state index in [1.807, 2.05) is 6.92 Å². The highest BCUT2D eigenvalue weighted by Gasteiger charge is 2.31. The summed E-state index contributed by atoms with van der Waals surface area (Å²) in [4.78, 5) is 12.4. The average molecular weight is 324 g/mol. The predicted molar refractivity (Wildman–Crippen MR) is 82.4 cm³/mol. The summed E-state index contributed by atoms with van der Waals surface area (Å²) in [5.41, 5.74) is 2.00. The quantitative estimate of drug-likeness (QED) is 0.875. The summed E-state index contributed by atoms with van der Waals surface area (Å²) in [6.07, 6.45) is 2.63. The molecule has 2 atom stereocenters. The van der Waals surface area contributed by atoms with Gasteiger partial charge in [-0.15, -0.1) is 0 Å². The van der Waals surface area contributed by atoms with Crippen LogP contribution in [0.4, 0.5) is 8.78 Å². The second-order valence-corrected chi connectivity index (χ2v) is 6.40. The molecule has 2 aliphatic rings. The van der Waals surface area contributed by atoms with Crippen molar-refractivity contribution in [3.05, 3.63) is 29.3 Å². The molecule has 2 N–H and O–H groups in total. The maximum absolute atomic E-state index is 12.4. The third kappa shape index (κ3) is 3.63. The van der Waals surface area contributed by atoms with E-state index in [1.165, 1.54) is 0 Å². The number of benzene rings is 1. The molecule has 3 rings (SSSR count). The lowest BCUT2D eigenvalue weighted by Gasteiger charge is -2.34. The van der Waals surface area contributed by atoms with E-state index in [0.29, 0.717) is 5.92 Å². The topological polar surface area (TPSA) is 50.4 Å². The Morgan fingerprint density at radius 1 is 1.39 bits per heavy atom. The van der Waals surface area contributed by atoms with Crippen molar-refractivity contribution in [2.24, 2.45) is 11.8 Å². The fourth-order valence-corrected chi connectivity index (χ4v) is 3.30. The van der Waals surface area contributed by atoms with Gasteiger partial charge in [0.2, 0.25) is 5.91 Å². The fraction of sp³-hybridized carbons (Fsp3) is 0.588. The molecule has 126 valence electrons. The van der Waals surface area contributed by atoms with Crippen LogP contribution < -0.4 is 15.4 Å². The van der Waals surface area contributed by atoms with E-state index in [4.69, 9.17) is 0 Å². The SMILES string of the molecule is CC(C(=O)NC1CCCc2cc(OC(F)F)ccc21)C1CNC1. The Morgan fingerprint density at radius 2 is 2.17 bits per heavy atom. The Hall–Kier alpha value is -1.69. The third-order valence-electron chi connectivity index (χ3n) is 4.90. The molecule has 1 aromatic carbocycles. The summed E-state index contributed by atoms with van der Waals surface area (Å²) in [7, 11) is 0. The van der Waals surface area contributed by atoms with E-state index in [1.54, 1.807) is 18.2 Å². The fourth-order valence-electron chi connectivity index (χ4n) is 3.30.